The van der Waals surface area contributed by atoms with E-state index in [-0.39, 0.29) is 28.9 Å². The molecule has 1 fully saturated rings. The van der Waals surface area contributed by atoms with E-state index < -0.39 is 64.3 Å². The third kappa shape index (κ3) is 9.13. The number of ether oxygens (including phenoxy) is 2. The first-order chi connectivity index (χ1) is 23.8. The number of hydrogen-bond acceptors (Lipinski definition) is 11. The molecule has 1 aliphatic heterocycles. The lowest BCUT2D eigenvalue weighted by Gasteiger charge is -2.36. The van der Waals surface area contributed by atoms with Crippen LogP contribution >= 0.6 is 0 Å². The monoisotopic (exact) mass is 738 g/mol. The lowest BCUT2D eigenvalue weighted by Crippen LogP contribution is -2.56. The van der Waals surface area contributed by atoms with Crippen molar-refractivity contribution in [2.45, 2.75) is 77.3 Å². The molecule has 1 saturated heterocycles. The van der Waals surface area contributed by atoms with Gasteiger partial charge in [0.2, 0.25) is 5.91 Å². The van der Waals surface area contributed by atoms with E-state index in [9.17, 15) is 36.0 Å². The summed E-state index contributed by atoms with van der Waals surface area (Å²) in [5, 5.41) is 6.41. The van der Waals surface area contributed by atoms with Crippen LogP contribution in [0.4, 0.5) is 13.2 Å². The van der Waals surface area contributed by atoms with Crippen molar-refractivity contribution in [1.82, 2.24) is 24.5 Å². The van der Waals surface area contributed by atoms with Crippen LogP contribution in [-0.2, 0) is 40.1 Å². The fraction of sp³-hybridized carbons (Fsp3) is 0.438. The van der Waals surface area contributed by atoms with Gasteiger partial charge in [-0.2, -0.15) is 22.9 Å². The number of nitrogens with one attached hydrogen (secondary N) is 1. The normalized spacial score (nSPS) is 15.6. The van der Waals surface area contributed by atoms with E-state index in [4.69, 9.17) is 18.9 Å². The molecule has 0 spiro atoms. The molecular formula is C32H37F3N6O9S. The Balaban J connectivity index is 1.10. The third-order valence-electron chi connectivity index (χ3n) is 7.69. The highest BCUT2D eigenvalue weighted by atomic mass is 32.2. The van der Waals surface area contributed by atoms with E-state index in [0.29, 0.717) is 18.5 Å². The van der Waals surface area contributed by atoms with Gasteiger partial charge in [-0.1, -0.05) is 29.8 Å². The van der Waals surface area contributed by atoms with E-state index in [1.807, 2.05) is 11.6 Å². The van der Waals surface area contributed by atoms with Gasteiger partial charge >= 0.3 is 18.1 Å². The first-order valence-electron chi connectivity index (χ1n) is 15.8. The van der Waals surface area contributed by atoms with Gasteiger partial charge in [0.05, 0.1) is 39.1 Å². The summed E-state index contributed by atoms with van der Waals surface area (Å²) in [5.41, 5.74) is -0.162. The minimum atomic E-state index is -4.71. The highest BCUT2D eigenvalue weighted by Gasteiger charge is 2.38. The van der Waals surface area contributed by atoms with Crippen LogP contribution in [0, 0.1) is 12.3 Å². The summed E-state index contributed by atoms with van der Waals surface area (Å²) in [6.45, 7) is 9.00. The Labute approximate surface area is 290 Å². The molecule has 1 amide bonds. The van der Waals surface area contributed by atoms with Gasteiger partial charge < -0.3 is 14.3 Å². The zero-order valence-electron chi connectivity index (χ0n) is 28.3. The number of nitrogens with zero attached hydrogens (tertiary/aromatic N) is 5. The molecule has 4 aromatic rings. The molecule has 2 aromatic heterocycles. The van der Waals surface area contributed by atoms with Crippen molar-refractivity contribution in [2.75, 3.05) is 18.2 Å². The SMILES string of the molecule is Cc1ccc(-c2cc(C(F)(F)F)nn2-c2ccc(S(=O)(=O)NC(=O)CCC(=O)OC[C@@H]3CCN3n3on3OC(C)OC(=O)C(C)(C)C)cc2)cc1. The second-order valence-electron chi connectivity index (χ2n) is 12.9. The molecule has 276 valence electrons. The second kappa shape index (κ2) is 14.2. The summed E-state index contributed by atoms with van der Waals surface area (Å²) < 4.78 is 84.9. The topological polar surface area (TPSA) is 169 Å². The summed E-state index contributed by atoms with van der Waals surface area (Å²) in [6.07, 6.45) is -5.87. The fourth-order valence-corrected chi connectivity index (χ4v) is 5.71. The second-order valence-corrected chi connectivity index (χ2v) is 14.6. The number of rotatable bonds is 13. The molecule has 0 aliphatic carbocycles. The van der Waals surface area contributed by atoms with Gasteiger partial charge in [-0.25, -0.2) is 17.8 Å². The van der Waals surface area contributed by atoms with Crippen LogP contribution in [0.25, 0.3) is 16.9 Å². The molecule has 0 radical (unpaired) electrons. The molecule has 3 heterocycles. The first-order valence-corrected chi connectivity index (χ1v) is 17.3. The highest BCUT2D eigenvalue weighted by molar-refractivity contribution is 7.90. The van der Waals surface area contributed by atoms with E-state index in [1.165, 1.54) is 24.0 Å². The number of halogens is 3. The zero-order valence-corrected chi connectivity index (χ0v) is 29.2. The quantitative estimate of drug-likeness (QED) is 0.156. The van der Waals surface area contributed by atoms with Crippen LogP contribution in [0.15, 0.2) is 64.1 Å². The predicted octanol–water partition coefficient (Wildman–Crippen LogP) is 3.97. The number of amides is 1. The van der Waals surface area contributed by atoms with Crippen molar-refractivity contribution in [3.8, 4) is 16.9 Å². The van der Waals surface area contributed by atoms with Crippen molar-refractivity contribution >= 4 is 27.9 Å². The van der Waals surface area contributed by atoms with Crippen LogP contribution in [0.3, 0.4) is 0 Å². The molecule has 19 heteroatoms. The van der Waals surface area contributed by atoms with Gasteiger partial charge in [-0.05, 0) is 64.4 Å². The van der Waals surface area contributed by atoms with E-state index in [0.717, 1.165) is 33.5 Å². The van der Waals surface area contributed by atoms with Crippen molar-refractivity contribution in [2.24, 2.45) is 5.41 Å². The molecular weight excluding hydrogens is 701 g/mol. The standard InChI is InChI=1S/C32H37F3N6O9S/c1-20-6-8-22(9-7-20)26-18-27(32(33,34)35)36-39(26)23-10-12-25(13-11-23)51(45,46)37-28(42)14-15-29(43)47-19-24-16-17-38(24)40-41(50-40)49-21(2)48-30(44)31(3,4)5/h6-13,18,21,24H,14-17,19H2,1-5H3,(H,37,42)/t21?,24-,40?,41?/m0/s1. The van der Waals surface area contributed by atoms with Gasteiger partial charge in [-0.15, -0.1) is 0 Å². The molecule has 15 nitrogen and oxygen atoms in total. The summed E-state index contributed by atoms with van der Waals surface area (Å²) in [7, 11) is -4.38. The van der Waals surface area contributed by atoms with Crippen molar-refractivity contribution < 1.29 is 54.9 Å². The largest absolute Gasteiger partial charge is 0.463 e. The minimum absolute atomic E-state index is 0.0420. The number of carbonyl (C=O) groups excluding carboxylic acids is 3. The fourth-order valence-electron chi connectivity index (χ4n) is 4.69. The lowest BCUT2D eigenvalue weighted by molar-refractivity contribution is -0.189. The van der Waals surface area contributed by atoms with Crippen LogP contribution in [0.2, 0.25) is 0 Å². The Bertz CT molecular complexity index is 1970. The summed E-state index contributed by atoms with van der Waals surface area (Å²) in [6, 6.07) is 12.2. The maximum atomic E-state index is 13.5. The predicted molar refractivity (Wildman–Crippen MR) is 172 cm³/mol. The van der Waals surface area contributed by atoms with Crippen molar-refractivity contribution in [3.63, 3.8) is 0 Å². The summed E-state index contributed by atoms with van der Waals surface area (Å²) >= 11 is 0. The van der Waals surface area contributed by atoms with Crippen LogP contribution in [0.1, 0.15) is 58.2 Å². The Hall–Kier alpha value is -5.20. The molecule has 1 aliphatic rings. The number of aryl methyl sites for hydroxylation is 1. The molecule has 1 unspecified atom stereocenters. The van der Waals surface area contributed by atoms with E-state index >= 15 is 0 Å². The Morgan fingerprint density at radius 2 is 1.71 bits per heavy atom. The average molecular weight is 739 g/mol. The van der Waals surface area contributed by atoms with Crippen LogP contribution in [-0.4, -0.2) is 71.5 Å². The molecule has 2 atom stereocenters. The summed E-state index contributed by atoms with van der Waals surface area (Å²) in [4.78, 5) is 43.1. The maximum Gasteiger partial charge on any atom is 0.435 e. The highest BCUT2D eigenvalue weighted by Crippen LogP contribution is 2.33. The van der Waals surface area contributed by atoms with Gasteiger partial charge in [-0.3, -0.25) is 19.4 Å². The lowest BCUT2D eigenvalue weighted by atomic mass is 9.97. The van der Waals surface area contributed by atoms with Gasteiger partial charge in [0, 0.05) is 25.5 Å². The number of hydrogen-bond donors (Lipinski definition) is 1. The Morgan fingerprint density at radius 1 is 1.04 bits per heavy atom. The molecule has 2 aromatic carbocycles. The number of benzene rings is 2. The van der Waals surface area contributed by atoms with Crippen molar-refractivity contribution in [3.05, 3.63) is 65.9 Å². The molecule has 51 heavy (non-hydrogen) atoms. The van der Waals surface area contributed by atoms with Crippen molar-refractivity contribution in [1.29, 1.82) is 0 Å². The maximum absolute atomic E-state index is 13.5. The number of carbonyl (C=O) groups is 3. The molecule has 0 bridgehead atoms. The van der Waals surface area contributed by atoms with E-state index in [2.05, 4.69) is 5.10 Å². The number of aromatic nitrogens is 4. The minimum Gasteiger partial charge on any atom is -0.463 e. The molecule has 1 N–H and O–H groups in total. The van der Waals surface area contributed by atoms with Crippen LogP contribution < -0.4 is 14.6 Å². The van der Waals surface area contributed by atoms with E-state index in [1.54, 1.807) is 50.0 Å². The number of sulfonamides is 1. The van der Waals surface area contributed by atoms with Crippen LogP contribution in [0.5, 0.6) is 0 Å². The number of esters is 2. The summed E-state index contributed by atoms with van der Waals surface area (Å²) in [5.74, 6) is -2.15. The zero-order chi connectivity index (χ0) is 37.3. The van der Waals surface area contributed by atoms with Gasteiger partial charge in [0.15, 0.2) is 5.69 Å². The Morgan fingerprint density at radius 3 is 2.29 bits per heavy atom. The Kier molecular flexibility index (Phi) is 10.3. The smallest absolute Gasteiger partial charge is 0.435 e. The third-order valence-corrected chi connectivity index (χ3v) is 9.08. The molecule has 5 rings (SSSR count). The van der Waals surface area contributed by atoms with Gasteiger partial charge in [0.1, 0.15) is 11.6 Å². The number of alkyl halides is 3. The first kappa shape index (κ1) is 37.1. The van der Waals surface area contributed by atoms with Gasteiger partial charge in [0.25, 0.3) is 16.3 Å². The molecule has 0 saturated carbocycles. The average Bonchev–Trinajstić information content (AvgIpc) is 3.58.